The molecule has 0 aliphatic carbocycles. The first-order chi connectivity index (χ1) is 9.34. The van der Waals surface area contributed by atoms with Crippen molar-refractivity contribution in [3.05, 3.63) is 47.3 Å². The lowest BCUT2D eigenvalue weighted by atomic mass is 9.91. The van der Waals surface area contributed by atoms with Crippen molar-refractivity contribution in [2.45, 2.75) is 32.1 Å². The summed E-state index contributed by atoms with van der Waals surface area (Å²) >= 11 is 1.79. The maximum atomic E-state index is 4.70. The van der Waals surface area contributed by atoms with Gasteiger partial charge < -0.3 is 0 Å². The van der Waals surface area contributed by atoms with E-state index in [-0.39, 0.29) is 0 Å². The van der Waals surface area contributed by atoms with Gasteiger partial charge in [-0.05, 0) is 41.8 Å². The Morgan fingerprint density at radius 3 is 2.58 bits per heavy atom. The highest BCUT2D eigenvalue weighted by atomic mass is 32.1. The maximum absolute atomic E-state index is 4.70. The monoisotopic (exact) mass is 269 g/mol. The van der Waals surface area contributed by atoms with E-state index in [1.54, 1.807) is 11.3 Å². The SMILES string of the molecule is CC(C1=NCCCC1)c1ccc(-c2cccs2)cc1. The van der Waals surface area contributed by atoms with Crippen LogP contribution in [-0.4, -0.2) is 12.3 Å². The molecule has 3 rings (SSSR count). The summed E-state index contributed by atoms with van der Waals surface area (Å²) in [6, 6.07) is 13.3. The van der Waals surface area contributed by atoms with Crippen LogP contribution in [0, 0.1) is 0 Å². The zero-order valence-electron chi connectivity index (χ0n) is 11.3. The zero-order chi connectivity index (χ0) is 13.1. The van der Waals surface area contributed by atoms with Crippen molar-refractivity contribution in [2.24, 2.45) is 4.99 Å². The highest BCUT2D eigenvalue weighted by Crippen LogP contribution is 2.28. The Kier molecular flexibility index (Phi) is 3.79. The fraction of sp³-hybridized carbons (Fsp3) is 0.353. The van der Waals surface area contributed by atoms with Gasteiger partial charge in [0.05, 0.1) is 0 Å². The lowest BCUT2D eigenvalue weighted by Gasteiger charge is -2.19. The predicted molar refractivity (Wildman–Crippen MR) is 84.3 cm³/mol. The Labute approximate surface area is 119 Å². The Bertz CT molecular complexity index is 551. The van der Waals surface area contributed by atoms with E-state index >= 15 is 0 Å². The molecular formula is C17H19NS. The van der Waals surface area contributed by atoms with Gasteiger partial charge in [0.2, 0.25) is 0 Å². The second-order valence-electron chi connectivity index (χ2n) is 5.15. The van der Waals surface area contributed by atoms with Gasteiger partial charge in [0, 0.05) is 23.1 Å². The Hall–Kier alpha value is -1.41. The van der Waals surface area contributed by atoms with Crippen molar-refractivity contribution in [1.29, 1.82) is 0 Å². The molecule has 2 heterocycles. The molecule has 1 aromatic heterocycles. The van der Waals surface area contributed by atoms with E-state index in [1.165, 1.54) is 41.0 Å². The van der Waals surface area contributed by atoms with E-state index in [1.807, 2.05) is 0 Å². The number of rotatable bonds is 3. The fourth-order valence-electron chi connectivity index (χ4n) is 2.64. The predicted octanol–water partition coefficient (Wildman–Crippen LogP) is 5.14. The van der Waals surface area contributed by atoms with Gasteiger partial charge in [0.15, 0.2) is 0 Å². The van der Waals surface area contributed by atoms with Crippen LogP contribution >= 0.6 is 11.3 Å². The summed E-state index contributed by atoms with van der Waals surface area (Å²) in [6.07, 6.45) is 3.73. The second kappa shape index (κ2) is 5.70. The van der Waals surface area contributed by atoms with E-state index in [2.05, 4.69) is 48.7 Å². The molecule has 0 amide bonds. The van der Waals surface area contributed by atoms with E-state index in [9.17, 15) is 0 Å². The molecule has 1 unspecified atom stereocenters. The van der Waals surface area contributed by atoms with Crippen LogP contribution in [0.2, 0.25) is 0 Å². The topological polar surface area (TPSA) is 12.4 Å². The molecule has 1 nitrogen and oxygen atoms in total. The van der Waals surface area contributed by atoms with Gasteiger partial charge in [-0.25, -0.2) is 0 Å². The van der Waals surface area contributed by atoms with Gasteiger partial charge in [-0.2, -0.15) is 0 Å². The summed E-state index contributed by atoms with van der Waals surface area (Å²) in [6.45, 7) is 3.30. The third-order valence-electron chi connectivity index (χ3n) is 3.87. The summed E-state index contributed by atoms with van der Waals surface area (Å²) in [5.41, 5.74) is 4.09. The Balaban J connectivity index is 1.80. The van der Waals surface area contributed by atoms with Crippen LogP contribution in [0.4, 0.5) is 0 Å². The number of benzene rings is 1. The largest absolute Gasteiger partial charge is 0.294 e. The van der Waals surface area contributed by atoms with Crippen LogP contribution in [0.15, 0.2) is 46.8 Å². The minimum atomic E-state index is 0.470. The normalized spacial score (nSPS) is 17.0. The van der Waals surface area contributed by atoms with Crippen LogP contribution in [-0.2, 0) is 0 Å². The number of aliphatic imine (C=N–C) groups is 1. The molecule has 1 atom stereocenters. The molecule has 19 heavy (non-hydrogen) atoms. The Morgan fingerprint density at radius 2 is 1.95 bits per heavy atom. The quantitative estimate of drug-likeness (QED) is 0.731. The van der Waals surface area contributed by atoms with Crippen molar-refractivity contribution < 1.29 is 0 Å². The number of thiophene rings is 1. The molecule has 2 aromatic rings. The molecule has 1 aromatic carbocycles. The highest BCUT2D eigenvalue weighted by Gasteiger charge is 2.15. The average Bonchev–Trinajstić information content (AvgIpc) is 3.02. The highest BCUT2D eigenvalue weighted by molar-refractivity contribution is 7.13. The molecule has 1 aliphatic rings. The molecular weight excluding hydrogens is 250 g/mol. The summed E-state index contributed by atoms with van der Waals surface area (Å²) < 4.78 is 0. The van der Waals surface area contributed by atoms with Gasteiger partial charge in [-0.15, -0.1) is 11.3 Å². The average molecular weight is 269 g/mol. The van der Waals surface area contributed by atoms with E-state index < -0.39 is 0 Å². The molecule has 0 spiro atoms. The summed E-state index contributed by atoms with van der Waals surface area (Å²) in [5, 5.41) is 2.13. The van der Waals surface area contributed by atoms with Crippen LogP contribution < -0.4 is 0 Å². The molecule has 0 saturated carbocycles. The number of hydrogen-bond acceptors (Lipinski definition) is 2. The van der Waals surface area contributed by atoms with Crippen LogP contribution in [0.5, 0.6) is 0 Å². The van der Waals surface area contributed by atoms with Crippen molar-refractivity contribution in [2.75, 3.05) is 6.54 Å². The minimum absolute atomic E-state index is 0.470. The second-order valence-corrected chi connectivity index (χ2v) is 6.10. The smallest absolute Gasteiger partial charge is 0.0389 e. The molecule has 2 heteroatoms. The molecule has 0 N–H and O–H groups in total. The standard InChI is InChI=1S/C17H19NS/c1-13(16-5-2-3-11-18-16)14-7-9-15(10-8-14)17-6-4-12-19-17/h4,6-10,12-13H,2-3,5,11H2,1H3. The van der Waals surface area contributed by atoms with Gasteiger partial charge in [0.1, 0.15) is 0 Å². The minimum Gasteiger partial charge on any atom is -0.294 e. The van der Waals surface area contributed by atoms with E-state index in [4.69, 9.17) is 4.99 Å². The van der Waals surface area contributed by atoms with E-state index in [0.717, 1.165) is 6.54 Å². The third kappa shape index (κ3) is 2.79. The third-order valence-corrected chi connectivity index (χ3v) is 4.79. The lowest BCUT2D eigenvalue weighted by Crippen LogP contribution is -2.13. The van der Waals surface area contributed by atoms with Crippen LogP contribution in [0.25, 0.3) is 10.4 Å². The van der Waals surface area contributed by atoms with Crippen LogP contribution in [0.3, 0.4) is 0 Å². The van der Waals surface area contributed by atoms with Gasteiger partial charge in [-0.3, -0.25) is 4.99 Å². The first-order valence-electron chi connectivity index (χ1n) is 7.01. The first-order valence-corrected chi connectivity index (χ1v) is 7.89. The van der Waals surface area contributed by atoms with Crippen molar-refractivity contribution >= 4 is 17.0 Å². The van der Waals surface area contributed by atoms with Gasteiger partial charge in [-0.1, -0.05) is 37.3 Å². The number of hydrogen-bond donors (Lipinski definition) is 0. The first kappa shape index (κ1) is 12.6. The molecule has 0 fully saturated rings. The molecule has 0 saturated heterocycles. The Morgan fingerprint density at radius 1 is 1.11 bits per heavy atom. The van der Waals surface area contributed by atoms with Gasteiger partial charge >= 0.3 is 0 Å². The molecule has 1 aliphatic heterocycles. The van der Waals surface area contributed by atoms with Crippen molar-refractivity contribution in [3.63, 3.8) is 0 Å². The maximum Gasteiger partial charge on any atom is 0.0389 e. The van der Waals surface area contributed by atoms with E-state index in [0.29, 0.717) is 5.92 Å². The molecule has 0 bridgehead atoms. The number of nitrogens with zero attached hydrogens (tertiary/aromatic N) is 1. The summed E-state index contributed by atoms with van der Waals surface area (Å²) in [4.78, 5) is 6.04. The summed E-state index contributed by atoms with van der Waals surface area (Å²) in [7, 11) is 0. The van der Waals surface area contributed by atoms with Crippen LogP contribution in [0.1, 0.15) is 37.7 Å². The fourth-order valence-corrected chi connectivity index (χ4v) is 3.38. The zero-order valence-corrected chi connectivity index (χ0v) is 12.1. The van der Waals surface area contributed by atoms with Crippen molar-refractivity contribution in [1.82, 2.24) is 0 Å². The lowest BCUT2D eigenvalue weighted by molar-refractivity contribution is 0.716. The molecule has 98 valence electrons. The summed E-state index contributed by atoms with van der Waals surface area (Å²) in [5.74, 6) is 0.470. The molecule has 0 radical (unpaired) electrons. The van der Waals surface area contributed by atoms with Gasteiger partial charge in [0.25, 0.3) is 0 Å². The van der Waals surface area contributed by atoms with Crippen molar-refractivity contribution in [3.8, 4) is 10.4 Å².